The molecule has 1 aromatic carbocycles. The predicted octanol–water partition coefficient (Wildman–Crippen LogP) is 3.94. The van der Waals surface area contributed by atoms with Crippen LogP contribution < -0.4 is 10.6 Å². The number of nitrogens with one attached hydrogen (secondary N) is 2. The van der Waals surface area contributed by atoms with E-state index >= 15 is 0 Å². The molecule has 0 bridgehead atoms. The van der Waals surface area contributed by atoms with Crippen molar-refractivity contribution in [3.05, 3.63) is 53.7 Å². The smallest absolute Gasteiger partial charge is 0.331 e. The molecule has 2 atom stereocenters. The number of alkyl halides is 4. The van der Waals surface area contributed by atoms with Crippen LogP contribution in [0.3, 0.4) is 0 Å². The predicted molar refractivity (Wildman–Crippen MR) is 119 cm³/mol. The molecule has 0 radical (unpaired) electrons. The summed E-state index contributed by atoms with van der Waals surface area (Å²) in [6.45, 7) is 0.958. The van der Waals surface area contributed by atoms with Crippen LogP contribution in [0, 0.1) is 0 Å². The van der Waals surface area contributed by atoms with Gasteiger partial charge in [0, 0.05) is 37.2 Å². The summed E-state index contributed by atoms with van der Waals surface area (Å²) in [6.07, 6.45) is -0.118. The van der Waals surface area contributed by atoms with E-state index in [1.807, 2.05) is 0 Å². The lowest BCUT2D eigenvalue weighted by Gasteiger charge is -2.37. The van der Waals surface area contributed by atoms with E-state index in [1.165, 1.54) is 12.2 Å². The number of allylic oxidation sites excluding steroid dienone is 2. The number of piperidine rings is 1. The summed E-state index contributed by atoms with van der Waals surface area (Å²) < 4.78 is 43.9. The Hall–Kier alpha value is -2.36. The van der Waals surface area contributed by atoms with Crippen LogP contribution in [0.1, 0.15) is 37.7 Å². The van der Waals surface area contributed by atoms with Crippen molar-refractivity contribution >= 4 is 29.0 Å². The molecule has 2 aliphatic rings. The van der Waals surface area contributed by atoms with Crippen LogP contribution in [0.2, 0.25) is 0 Å². The number of carbonyl (C=O) groups excluding carboxylic acids is 2. The number of ether oxygens (including phenoxy) is 1. The second kappa shape index (κ2) is 10.7. The molecule has 1 aliphatic heterocycles. The molecule has 1 unspecified atom stereocenters. The lowest BCUT2D eigenvalue weighted by atomic mass is 9.92. The quantitative estimate of drug-likeness (QED) is 0.574. The average Bonchev–Trinajstić information content (AvgIpc) is 2.76. The number of rotatable bonds is 7. The molecule has 3 rings (SSSR count). The molecular formula is C23H27ClF3N3O3. The van der Waals surface area contributed by atoms with Gasteiger partial charge in [0.25, 0.3) is 0 Å². The zero-order valence-electron chi connectivity index (χ0n) is 18.3. The summed E-state index contributed by atoms with van der Waals surface area (Å²) >= 11 is 6.39. The molecule has 2 N–H and O–H groups in total. The van der Waals surface area contributed by atoms with Crippen molar-refractivity contribution in [2.24, 2.45) is 0 Å². The summed E-state index contributed by atoms with van der Waals surface area (Å²) in [6, 6.07) is 7.70. The summed E-state index contributed by atoms with van der Waals surface area (Å²) in [5.74, 6) is -0.582. The van der Waals surface area contributed by atoms with E-state index in [-0.39, 0.29) is 23.6 Å². The van der Waals surface area contributed by atoms with Crippen LogP contribution in [0.5, 0.6) is 0 Å². The van der Waals surface area contributed by atoms with E-state index < -0.39 is 29.8 Å². The first-order valence-corrected chi connectivity index (χ1v) is 11.2. The van der Waals surface area contributed by atoms with E-state index in [9.17, 15) is 22.8 Å². The number of amides is 2. The van der Waals surface area contributed by atoms with Crippen molar-refractivity contribution in [1.82, 2.24) is 15.5 Å². The van der Waals surface area contributed by atoms with Crippen molar-refractivity contribution in [3.8, 4) is 0 Å². The van der Waals surface area contributed by atoms with Crippen LogP contribution in [0.25, 0.3) is 5.57 Å². The Bertz CT molecular complexity index is 921. The van der Waals surface area contributed by atoms with Crippen LogP contribution in [-0.4, -0.2) is 54.3 Å². The third-order valence-corrected chi connectivity index (χ3v) is 6.05. The number of likely N-dealkylation sites (tertiary alicyclic amines) is 1. The maximum Gasteiger partial charge on any atom is 0.524 e. The Labute approximate surface area is 195 Å². The highest BCUT2D eigenvalue weighted by atomic mass is 35.5. The van der Waals surface area contributed by atoms with E-state index in [2.05, 4.69) is 15.4 Å². The van der Waals surface area contributed by atoms with E-state index in [0.29, 0.717) is 25.1 Å². The molecule has 0 spiro atoms. The fraction of sp³-hybridized carbons (Fsp3) is 0.478. The number of halogens is 4. The summed E-state index contributed by atoms with van der Waals surface area (Å²) in [5.41, 5.74) is 0.806. The Morgan fingerprint density at radius 3 is 2.61 bits per heavy atom. The van der Waals surface area contributed by atoms with Crippen molar-refractivity contribution in [2.45, 2.75) is 49.6 Å². The van der Waals surface area contributed by atoms with Gasteiger partial charge in [-0.2, -0.15) is 0 Å². The Kier molecular flexibility index (Phi) is 8.20. The van der Waals surface area contributed by atoms with Gasteiger partial charge >= 0.3 is 6.36 Å². The first-order chi connectivity index (χ1) is 15.6. The molecule has 1 fully saturated rings. The number of nitrogens with zero attached hydrogens (tertiary/aromatic N) is 1. The first kappa shape index (κ1) is 25.3. The largest absolute Gasteiger partial charge is 0.524 e. The molecular weight excluding hydrogens is 459 g/mol. The van der Waals surface area contributed by atoms with Crippen molar-refractivity contribution < 1.29 is 27.5 Å². The van der Waals surface area contributed by atoms with Gasteiger partial charge in [0.15, 0.2) is 5.06 Å². The standard InChI is InChI=1S/C23H27ClF3N3O3/c1-28-13-12-20(31)30-14-6-5-9-19(30)21(32)29-17-10-11-18(16-7-3-2-4-8-16)22(24,15-17)33-23(25,26)27/h2-4,7-8,10-11,19,28H,5-6,9,12-15H2,1H3,(H,29,32)/t19-,22?/m1/s1. The van der Waals surface area contributed by atoms with E-state index in [0.717, 1.165) is 12.8 Å². The van der Waals surface area contributed by atoms with Crippen LogP contribution in [0.15, 0.2) is 48.2 Å². The molecule has 6 nitrogen and oxygen atoms in total. The Morgan fingerprint density at radius 1 is 1.21 bits per heavy atom. The fourth-order valence-electron chi connectivity index (χ4n) is 4.12. The first-order valence-electron chi connectivity index (χ1n) is 10.8. The van der Waals surface area contributed by atoms with Crippen molar-refractivity contribution in [2.75, 3.05) is 20.1 Å². The molecule has 0 saturated carbocycles. The molecule has 2 amide bonds. The van der Waals surface area contributed by atoms with Gasteiger partial charge in [-0.05, 0) is 37.9 Å². The lowest BCUT2D eigenvalue weighted by Crippen LogP contribution is -2.52. The van der Waals surface area contributed by atoms with E-state index in [1.54, 1.807) is 42.3 Å². The second-order valence-electron chi connectivity index (χ2n) is 8.03. The molecule has 180 valence electrons. The maximum absolute atomic E-state index is 13.2. The monoisotopic (exact) mass is 485 g/mol. The Balaban J connectivity index is 1.81. The van der Waals surface area contributed by atoms with Gasteiger partial charge in [-0.15, -0.1) is 13.2 Å². The third-order valence-electron chi connectivity index (χ3n) is 5.63. The SMILES string of the molecule is CNCCC(=O)N1CCCC[C@@H]1C(=O)NC1=CC=C(c2ccccc2)C(Cl)(OC(F)(F)F)C1. The number of hydrogen-bond acceptors (Lipinski definition) is 4. The number of carbonyl (C=O) groups is 2. The van der Waals surface area contributed by atoms with Gasteiger partial charge in [-0.25, -0.2) is 0 Å². The van der Waals surface area contributed by atoms with Gasteiger partial charge in [-0.3, -0.25) is 14.3 Å². The minimum atomic E-state index is -4.98. The van der Waals surface area contributed by atoms with Crippen molar-refractivity contribution in [1.29, 1.82) is 0 Å². The average molecular weight is 486 g/mol. The minimum Gasteiger partial charge on any atom is -0.331 e. The minimum absolute atomic E-state index is 0.139. The summed E-state index contributed by atoms with van der Waals surface area (Å²) in [5, 5.41) is 3.34. The molecule has 0 aromatic heterocycles. The highest BCUT2D eigenvalue weighted by Crippen LogP contribution is 2.45. The fourth-order valence-corrected chi connectivity index (χ4v) is 4.52. The van der Waals surface area contributed by atoms with Crippen LogP contribution >= 0.6 is 11.6 Å². The molecule has 1 aromatic rings. The Morgan fingerprint density at radius 2 is 1.94 bits per heavy atom. The molecule has 10 heteroatoms. The van der Waals surface area contributed by atoms with E-state index in [4.69, 9.17) is 11.6 Å². The molecule has 1 aliphatic carbocycles. The lowest BCUT2D eigenvalue weighted by molar-refractivity contribution is -0.342. The maximum atomic E-state index is 13.2. The topological polar surface area (TPSA) is 70.7 Å². The number of hydrogen-bond donors (Lipinski definition) is 2. The highest BCUT2D eigenvalue weighted by molar-refractivity contribution is 6.29. The van der Waals surface area contributed by atoms with Gasteiger partial charge in [0.2, 0.25) is 11.8 Å². The number of benzene rings is 1. The third kappa shape index (κ3) is 6.59. The summed E-state index contributed by atoms with van der Waals surface area (Å²) in [4.78, 5) is 27.1. The molecule has 33 heavy (non-hydrogen) atoms. The second-order valence-corrected chi connectivity index (χ2v) is 8.64. The van der Waals surface area contributed by atoms with Gasteiger partial charge in [-0.1, -0.05) is 48.0 Å². The molecule has 1 saturated heterocycles. The van der Waals surface area contributed by atoms with Gasteiger partial charge in [0.05, 0.1) is 0 Å². The van der Waals surface area contributed by atoms with Gasteiger partial charge < -0.3 is 15.5 Å². The van der Waals surface area contributed by atoms with Crippen molar-refractivity contribution in [3.63, 3.8) is 0 Å². The zero-order valence-corrected chi connectivity index (χ0v) is 19.0. The van der Waals surface area contributed by atoms with Gasteiger partial charge in [0.1, 0.15) is 6.04 Å². The highest BCUT2D eigenvalue weighted by Gasteiger charge is 2.47. The summed E-state index contributed by atoms with van der Waals surface area (Å²) in [7, 11) is 1.74. The van der Waals surface area contributed by atoms with Crippen LogP contribution in [-0.2, 0) is 14.3 Å². The molecule has 1 heterocycles. The normalized spacial score (nSPS) is 23.5. The van der Waals surface area contributed by atoms with Crippen LogP contribution in [0.4, 0.5) is 13.2 Å². The zero-order chi connectivity index (χ0) is 24.1.